The highest BCUT2D eigenvalue weighted by Gasteiger charge is 2.44. The molecule has 0 aromatic heterocycles. The molecule has 11 aromatic rings. The first-order valence-electron chi connectivity index (χ1n) is 23.1. The lowest BCUT2D eigenvalue weighted by molar-refractivity contribution is 0.609. The Morgan fingerprint density at radius 1 is 0.318 bits per heavy atom. The van der Waals surface area contributed by atoms with Crippen LogP contribution in [0.4, 0.5) is 17.1 Å². The molecule has 1 nitrogen and oxygen atoms in total. The normalized spacial score (nSPS) is 14.0. The van der Waals surface area contributed by atoms with E-state index in [1.54, 1.807) is 0 Å². The third-order valence-electron chi connectivity index (χ3n) is 14.1. The van der Waals surface area contributed by atoms with Crippen molar-refractivity contribution in [2.75, 3.05) is 4.90 Å². The van der Waals surface area contributed by atoms with Crippen molar-refractivity contribution in [2.24, 2.45) is 0 Å². The second-order valence-electron chi connectivity index (χ2n) is 17.5. The quantitative estimate of drug-likeness (QED) is 0.140. The van der Waals surface area contributed by atoms with Gasteiger partial charge < -0.3 is 4.90 Å². The summed E-state index contributed by atoms with van der Waals surface area (Å²) in [6, 6.07) is 93.9. The Morgan fingerprint density at radius 3 is 1.38 bits per heavy atom. The Kier molecular flexibility index (Phi) is 9.76. The second-order valence-corrected chi connectivity index (χ2v) is 17.5. The third-order valence-corrected chi connectivity index (χ3v) is 14.1. The Hall–Kier alpha value is -8.26. The van der Waals surface area contributed by atoms with Crippen LogP contribution in [0.25, 0.3) is 77.2 Å². The zero-order valence-corrected chi connectivity index (χ0v) is 36.9. The molecule has 66 heavy (non-hydrogen) atoms. The molecule has 0 aliphatic heterocycles. The van der Waals surface area contributed by atoms with Gasteiger partial charge in [0.15, 0.2) is 0 Å². The molecular weight excluding hydrogens is 795 g/mol. The molecule has 11 aromatic carbocycles. The van der Waals surface area contributed by atoms with Gasteiger partial charge in [0.25, 0.3) is 0 Å². The number of benzene rings is 11. The molecule has 0 fully saturated rings. The van der Waals surface area contributed by atoms with Crippen molar-refractivity contribution in [2.45, 2.75) is 18.8 Å². The molecular formula is C65H47N. The van der Waals surface area contributed by atoms with Crippen LogP contribution in [0.3, 0.4) is 0 Å². The molecule has 12 rings (SSSR count). The predicted molar refractivity (Wildman–Crippen MR) is 280 cm³/mol. The number of fused-ring (bicyclic) bond motifs is 5. The van der Waals surface area contributed by atoms with Crippen molar-refractivity contribution in [3.63, 3.8) is 0 Å². The first kappa shape index (κ1) is 39.3. The van der Waals surface area contributed by atoms with Gasteiger partial charge in [-0.25, -0.2) is 0 Å². The molecule has 0 N–H and O–H groups in total. The van der Waals surface area contributed by atoms with Crippen LogP contribution in [-0.4, -0.2) is 0 Å². The highest BCUT2D eigenvalue weighted by atomic mass is 15.1. The maximum Gasteiger partial charge on any atom is 0.0540 e. The summed E-state index contributed by atoms with van der Waals surface area (Å²) < 4.78 is 0. The van der Waals surface area contributed by atoms with E-state index in [1.165, 1.54) is 93.9 Å². The Balaban J connectivity index is 1.02. The molecule has 1 heteroatoms. The summed E-state index contributed by atoms with van der Waals surface area (Å²) in [5, 5.41) is 5.00. The number of rotatable bonds is 9. The van der Waals surface area contributed by atoms with Crippen LogP contribution in [0, 0.1) is 0 Å². The molecule has 312 valence electrons. The van der Waals surface area contributed by atoms with Gasteiger partial charge >= 0.3 is 0 Å². The van der Waals surface area contributed by atoms with Crippen LogP contribution >= 0.6 is 0 Å². The van der Waals surface area contributed by atoms with Gasteiger partial charge in [0, 0.05) is 22.4 Å². The summed E-state index contributed by atoms with van der Waals surface area (Å²) in [5.41, 5.74) is 19.4. The van der Waals surface area contributed by atoms with E-state index in [0.717, 1.165) is 23.5 Å². The third kappa shape index (κ3) is 6.46. The number of hydrogen-bond acceptors (Lipinski definition) is 1. The van der Waals surface area contributed by atoms with E-state index in [2.05, 4.69) is 267 Å². The maximum atomic E-state index is 2.45. The minimum Gasteiger partial charge on any atom is -0.310 e. The van der Waals surface area contributed by atoms with Crippen LogP contribution in [0.5, 0.6) is 0 Å². The van der Waals surface area contributed by atoms with Crippen LogP contribution in [0.15, 0.2) is 255 Å². The van der Waals surface area contributed by atoms with E-state index >= 15 is 0 Å². The molecule has 0 saturated carbocycles. The highest BCUT2D eigenvalue weighted by Crippen LogP contribution is 2.58. The monoisotopic (exact) mass is 841 g/mol. The van der Waals surface area contributed by atoms with E-state index in [-0.39, 0.29) is 5.41 Å². The van der Waals surface area contributed by atoms with Crippen molar-refractivity contribution in [1.82, 2.24) is 0 Å². The molecule has 0 radical (unpaired) electrons. The number of anilines is 3. The molecule has 1 aliphatic rings. The molecule has 0 saturated heterocycles. The molecule has 0 spiro atoms. The minimum absolute atomic E-state index is 0.305. The van der Waals surface area contributed by atoms with E-state index < -0.39 is 0 Å². The van der Waals surface area contributed by atoms with Gasteiger partial charge in [-0.05, 0) is 125 Å². The average molecular weight is 842 g/mol. The van der Waals surface area contributed by atoms with Gasteiger partial charge in [0.05, 0.1) is 5.69 Å². The van der Waals surface area contributed by atoms with E-state index in [1.807, 2.05) is 0 Å². The van der Waals surface area contributed by atoms with Crippen molar-refractivity contribution in [3.8, 4) is 55.6 Å². The zero-order valence-electron chi connectivity index (χ0n) is 36.9. The van der Waals surface area contributed by atoms with Crippen molar-refractivity contribution in [1.29, 1.82) is 0 Å². The topological polar surface area (TPSA) is 3.24 Å². The van der Waals surface area contributed by atoms with Crippen LogP contribution in [0.1, 0.15) is 30.0 Å². The molecule has 1 unspecified atom stereocenters. The number of para-hydroxylation sites is 1. The molecule has 0 bridgehead atoms. The Labute approximate surface area is 387 Å². The van der Waals surface area contributed by atoms with Gasteiger partial charge in [-0.2, -0.15) is 0 Å². The predicted octanol–water partition coefficient (Wildman–Crippen LogP) is 17.9. The standard InChI is InChI=1S/C65H47N/c1-2-65(51-39-33-46(34-40-51)45-17-4-3-5-18-45)61-30-12-10-26-60(61)64-59(29-16-31-62(64)65)58-25-11-13-32-63(58)66(52-41-35-49(36-42-52)56-27-14-21-47-19-6-8-23-54(47)56)53-43-37-50(38-44-53)57-28-15-22-48-20-7-9-24-55(48)57/h3-44H,2H2,1H3. The largest absolute Gasteiger partial charge is 0.310 e. The molecule has 1 atom stereocenters. The summed E-state index contributed by atoms with van der Waals surface area (Å²) in [5.74, 6) is 0. The Morgan fingerprint density at radius 2 is 0.758 bits per heavy atom. The van der Waals surface area contributed by atoms with E-state index in [9.17, 15) is 0 Å². The number of hydrogen-bond donors (Lipinski definition) is 0. The van der Waals surface area contributed by atoms with Crippen molar-refractivity contribution in [3.05, 3.63) is 271 Å². The fraction of sp³-hybridized carbons (Fsp3) is 0.0462. The second kappa shape index (κ2) is 16.4. The zero-order chi connectivity index (χ0) is 44.0. The van der Waals surface area contributed by atoms with Crippen LogP contribution in [-0.2, 0) is 5.41 Å². The number of nitrogens with zero attached hydrogens (tertiary/aromatic N) is 1. The van der Waals surface area contributed by atoms with Gasteiger partial charge in [0.1, 0.15) is 0 Å². The SMILES string of the molecule is CCC1(c2ccc(-c3ccccc3)cc2)c2ccccc2-c2c(-c3ccccc3N(c3ccc(-c4cccc5ccccc45)cc3)c3ccc(-c4cccc5ccccc45)cc3)cccc21. The molecule has 0 amide bonds. The summed E-state index contributed by atoms with van der Waals surface area (Å²) in [7, 11) is 0. The summed E-state index contributed by atoms with van der Waals surface area (Å²) in [4.78, 5) is 2.45. The maximum absolute atomic E-state index is 2.45. The van der Waals surface area contributed by atoms with Gasteiger partial charge in [0.2, 0.25) is 0 Å². The first-order valence-corrected chi connectivity index (χ1v) is 23.1. The van der Waals surface area contributed by atoms with E-state index in [4.69, 9.17) is 0 Å². The van der Waals surface area contributed by atoms with Crippen molar-refractivity contribution >= 4 is 38.6 Å². The van der Waals surface area contributed by atoms with E-state index in [0.29, 0.717) is 0 Å². The minimum atomic E-state index is -0.305. The van der Waals surface area contributed by atoms with Gasteiger partial charge in [-0.3, -0.25) is 0 Å². The van der Waals surface area contributed by atoms with Crippen LogP contribution < -0.4 is 4.90 Å². The van der Waals surface area contributed by atoms with Crippen LogP contribution in [0.2, 0.25) is 0 Å². The van der Waals surface area contributed by atoms with Gasteiger partial charge in [-0.1, -0.05) is 231 Å². The lowest BCUT2D eigenvalue weighted by Crippen LogP contribution is -2.25. The Bertz CT molecular complexity index is 3420. The lowest BCUT2D eigenvalue weighted by Gasteiger charge is -2.32. The highest BCUT2D eigenvalue weighted by molar-refractivity contribution is 6.01. The first-order chi connectivity index (χ1) is 32.7. The lowest BCUT2D eigenvalue weighted by atomic mass is 9.70. The summed E-state index contributed by atoms with van der Waals surface area (Å²) in [6.45, 7) is 2.35. The smallest absolute Gasteiger partial charge is 0.0540 e. The summed E-state index contributed by atoms with van der Waals surface area (Å²) >= 11 is 0. The van der Waals surface area contributed by atoms with Crippen molar-refractivity contribution < 1.29 is 0 Å². The summed E-state index contributed by atoms with van der Waals surface area (Å²) in [6.07, 6.45) is 0.936. The fourth-order valence-corrected chi connectivity index (χ4v) is 11.0. The average Bonchev–Trinajstić information content (AvgIpc) is 3.70. The molecule has 0 heterocycles. The molecule has 1 aliphatic carbocycles. The van der Waals surface area contributed by atoms with Gasteiger partial charge in [-0.15, -0.1) is 0 Å². The fourth-order valence-electron chi connectivity index (χ4n) is 11.0.